The Hall–Kier alpha value is -1.84. The van der Waals surface area contributed by atoms with Crippen molar-refractivity contribution in [3.63, 3.8) is 0 Å². The lowest BCUT2D eigenvalue weighted by Gasteiger charge is -2.33. The molecule has 2 aromatic rings. The molecule has 1 N–H and O–H groups in total. The number of halogens is 1. The highest BCUT2D eigenvalue weighted by Crippen LogP contribution is 2.44. The molecule has 0 saturated heterocycles. The largest absolute Gasteiger partial charge is 0.496 e. The Morgan fingerprint density at radius 1 is 1.41 bits per heavy atom. The number of rotatable bonds is 3. The number of carbonyl (C=O) groups excluding carboxylic acids is 1. The van der Waals surface area contributed by atoms with Crippen molar-refractivity contribution in [3.8, 4) is 11.8 Å². The van der Waals surface area contributed by atoms with Crippen molar-refractivity contribution >= 4 is 38.2 Å². The zero-order valence-electron chi connectivity index (χ0n) is 16.0. The highest BCUT2D eigenvalue weighted by atomic mass is 79.9. The molecule has 1 aliphatic carbocycles. The van der Waals surface area contributed by atoms with Crippen LogP contribution in [0.3, 0.4) is 0 Å². The van der Waals surface area contributed by atoms with Crippen molar-refractivity contribution in [1.82, 2.24) is 0 Å². The second-order valence-electron chi connectivity index (χ2n) is 7.93. The molecule has 1 heterocycles. The SMILES string of the molecule is COc1ccc(C(=O)Nc2sc3c(c2C#N)CC[C@@H](C(C)(C)C)C3)cc1Br. The number of amides is 1. The number of methoxy groups -OCH3 is 1. The summed E-state index contributed by atoms with van der Waals surface area (Å²) < 4.78 is 5.93. The minimum atomic E-state index is -0.221. The molecular weight excluding hydrogens is 424 g/mol. The van der Waals surface area contributed by atoms with Crippen LogP contribution in [0.25, 0.3) is 0 Å². The van der Waals surface area contributed by atoms with Crippen LogP contribution in [0, 0.1) is 22.7 Å². The number of ether oxygens (including phenoxy) is 1. The molecule has 142 valence electrons. The fraction of sp³-hybridized carbons (Fsp3) is 0.429. The van der Waals surface area contributed by atoms with Gasteiger partial charge in [0.05, 0.1) is 17.1 Å². The van der Waals surface area contributed by atoms with Gasteiger partial charge in [-0.1, -0.05) is 20.8 Å². The number of nitriles is 1. The molecule has 4 nitrogen and oxygen atoms in total. The van der Waals surface area contributed by atoms with Gasteiger partial charge in [-0.05, 0) is 70.3 Å². The highest BCUT2D eigenvalue weighted by molar-refractivity contribution is 9.10. The first-order chi connectivity index (χ1) is 12.7. The van der Waals surface area contributed by atoms with Crippen molar-refractivity contribution in [2.75, 3.05) is 12.4 Å². The van der Waals surface area contributed by atoms with Gasteiger partial charge < -0.3 is 10.1 Å². The van der Waals surface area contributed by atoms with E-state index in [9.17, 15) is 10.1 Å². The van der Waals surface area contributed by atoms with Crippen molar-refractivity contribution < 1.29 is 9.53 Å². The number of hydrogen-bond donors (Lipinski definition) is 1. The Morgan fingerprint density at radius 2 is 2.15 bits per heavy atom. The zero-order valence-corrected chi connectivity index (χ0v) is 18.4. The fourth-order valence-electron chi connectivity index (χ4n) is 3.51. The third-order valence-electron chi connectivity index (χ3n) is 5.24. The standard InChI is InChI=1S/C21H23BrN2O2S/c1-21(2,3)13-6-7-14-15(11-23)20(27-18(14)10-13)24-19(25)12-5-8-17(26-4)16(22)9-12/h5,8-9,13H,6-7,10H2,1-4H3,(H,24,25)/t13-/m1/s1. The molecule has 0 unspecified atom stereocenters. The first kappa shape index (κ1) is 19.9. The Labute approximate surface area is 172 Å². The van der Waals surface area contributed by atoms with Crippen LogP contribution in [0.15, 0.2) is 22.7 Å². The fourth-order valence-corrected chi connectivity index (χ4v) is 5.33. The topological polar surface area (TPSA) is 62.1 Å². The summed E-state index contributed by atoms with van der Waals surface area (Å²) in [6.07, 6.45) is 2.96. The highest BCUT2D eigenvalue weighted by Gasteiger charge is 2.32. The molecule has 1 aromatic carbocycles. The number of anilines is 1. The molecular formula is C21H23BrN2O2S. The minimum Gasteiger partial charge on any atom is -0.496 e. The smallest absolute Gasteiger partial charge is 0.256 e. The predicted molar refractivity (Wildman–Crippen MR) is 113 cm³/mol. The summed E-state index contributed by atoms with van der Waals surface area (Å²) in [6.45, 7) is 6.81. The molecule has 27 heavy (non-hydrogen) atoms. The monoisotopic (exact) mass is 446 g/mol. The van der Waals surface area contributed by atoms with Crippen molar-refractivity contribution in [2.45, 2.75) is 40.0 Å². The van der Waals surface area contributed by atoms with Crippen LogP contribution in [-0.2, 0) is 12.8 Å². The third-order valence-corrected chi connectivity index (χ3v) is 7.03. The van der Waals surface area contributed by atoms with Crippen LogP contribution in [-0.4, -0.2) is 13.0 Å². The molecule has 0 spiro atoms. The maximum atomic E-state index is 12.7. The molecule has 3 rings (SSSR count). The molecule has 0 radical (unpaired) electrons. The van der Waals surface area contributed by atoms with Gasteiger partial charge in [0.25, 0.3) is 5.91 Å². The molecule has 6 heteroatoms. The van der Waals surface area contributed by atoms with Gasteiger partial charge >= 0.3 is 0 Å². The zero-order chi connectivity index (χ0) is 19.8. The molecule has 1 aromatic heterocycles. The lowest BCUT2D eigenvalue weighted by Crippen LogP contribution is -2.26. The predicted octanol–water partition coefficient (Wildman–Crippen LogP) is 5.79. The number of thiophene rings is 1. The second-order valence-corrected chi connectivity index (χ2v) is 9.89. The number of fused-ring (bicyclic) bond motifs is 1. The van der Waals surface area contributed by atoms with Crippen LogP contribution < -0.4 is 10.1 Å². The minimum absolute atomic E-state index is 0.221. The summed E-state index contributed by atoms with van der Waals surface area (Å²) in [5.74, 6) is 1.04. The molecule has 0 aliphatic heterocycles. The summed E-state index contributed by atoms with van der Waals surface area (Å²) in [4.78, 5) is 13.9. The van der Waals surface area contributed by atoms with Gasteiger partial charge in [0, 0.05) is 10.4 Å². The van der Waals surface area contributed by atoms with E-state index in [0.29, 0.717) is 27.8 Å². The van der Waals surface area contributed by atoms with Crippen LogP contribution >= 0.6 is 27.3 Å². The molecule has 1 aliphatic rings. The molecule has 0 fully saturated rings. The van der Waals surface area contributed by atoms with E-state index >= 15 is 0 Å². The maximum Gasteiger partial charge on any atom is 0.256 e. The van der Waals surface area contributed by atoms with Gasteiger partial charge in [-0.3, -0.25) is 4.79 Å². The maximum absolute atomic E-state index is 12.7. The van der Waals surface area contributed by atoms with E-state index in [4.69, 9.17) is 4.74 Å². The lowest BCUT2D eigenvalue weighted by atomic mass is 9.72. The van der Waals surface area contributed by atoms with E-state index in [1.165, 1.54) is 4.88 Å². The van der Waals surface area contributed by atoms with Gasteiger partial charge in [-0.15, -0.1) is 11.3 Å². The van der Waals surface area contributed by atoms with E-state index in [0.717, 1.165) is 29.3 Å². The van der Waals surface area contributed by atoms with E-state index in [1.807, 2.05) is 0 Å². The van der Waals surface area contributed by atoms with Crippen LogP contribution in [0.1, 0.15) is 53.6 Å². The van der Waals surface area contributed by atoms with Crippen molar-refractivity contribution in [1.29, 1.82) is 5.26 Å². The number of benzene rings is 1. The Balaban J connectivity index is 1.86. The van der Waals surface area contributed by atoms with Crippen molar-refractivity contribution in [2.24, 2.45) is 11.3 Å². The van der Waals surface area contributed by atoms with Gasteiger partial charge in [-0.25, -0.2) is 0 Å². The van der Waals surface area contributed by atoms with E-state index in [-0.39, 0.29) is 11.3 Å². The number of nitrogens with zero attached hydrogens (tertiary/aromatic N) is 1. The van der Waals surface area contributed by atoms with Gasteiger partial charge in [0.15, 0.2) is 0 Å². The number of carbonyl (C=O) groups is 1. The Bertz CT molecular complexity index is 921. The summed E-state index contributed by atoms with van der Waals surface area (Å²) in [6, 6.07) is 7.50. The Kier molecular flexibility index (Phi) is 5.64. The van der Waals surface area contributed by atoms with Crippen molar-refractivity contribution in [3.05, 3.63) is 44.2 Å². The first-order valence-electron chi connectivity index (χ1n) is 8.94. The quantitative estimate of drug-likeness (QED) is 0.648. The summed E-state index contributed by atoms with van der Waals surface area (Å²) >= 11 is 4.96. The average Bonchev–Trinajstić information content (AvgIpc) is 2.96. The van der Waals surface area contributed by atoms with E-state index < -0.39 is 0 Å². The average molecular weight is 447 g/mol. The molecule has 1 atom stereocenters. The number of nitrogens with one attached hydrogen (secondary N) is 1. The van der Waals surface area contributed by atoms with Gasteiger partial charge in [-0.2, -0.15) is 5.26 Å². The first-order valence-corrected chi connectivity index (χ1v) is 10.5. The van der Waals surface area contributed by atoms with E-state index in [1.54, 1.807) is 36.6 Å². The summed E-state index contributed by atoms with van der Waals surface area (Å²) in [5.41, 5.74) is 2.51. The van der Waals surface area contributed by atoms with Gasteiger partial charge in [0.2, 0.25) is 0 Å². The Morgan fingerprint density at radius 3 is 2.74 bits per heavy atom. The molecule has 0 saturated carbocycles. The van der Waals surface area contributed by atoms with Crippen LogP contribution in [0.2, 0.25) is 0 Å². The van der Waals surface area contributed by atoms with E-state index in [2.05, 4.69) is 48.1 Å². The normalized spacial score (nSPS) is 16.4. The van der Waals surface area contributed by atoms with Crippen LogP contribution in [0.4, 0.5) is 5.00 Å². The third kappa shape index (κ3) is 4.04. The molecule has 1 amide bonds. The summed E-state index contributed by atoms with van der Waals surface area (Å²) in [5, 5.41) is 13.3. The van der Waals surface area contributed by atoms with Gasteiger partial charge in [0.1, 0.15) is 16.8 Å². The summed E-state index contributed by atoms with van der Waals surface area (Å²) in [7, 11) is 1.58. The molecule has 0 bridgehead atoms. The van der Waals surface area contributed by atoms with Crippen LogP contribution in [0.5, 0.6) is 5.75 Å². The second kappa shape index (κ2) is 7.65. The lowest BCUT2D eigenvalue weighted by molar-refractivity contribution is 0.102. The number of hydrogen-bond acceptors (Lipinski definition) is 4.